The van der Waals surface area contributed by atoms with Crippen LogP contribution in [0.5, 0.6) is 0 Å². The molecule has 0 radical (unpaired) electrons. The summed E-state index contributed by atoms with van der Waals surface area (Å²) in [6.45, 7) is 3.18. The number of likely N-dealkylation sites (N-methyl/N-ethyl adjacent to an activating group) is 1. The number of carbonyl (C=O) groups excluding carboxylic acids is 1. The maximum absolute atomic E-state index is 12.9. The van der Waals surface area contributed by atoms with E-state index in [-0.39, 0.29) is 17.8 Å². The van der Waals surface area contributed by atoms with Crippen molar-refractivity contribution in [3.8, 4) is 0 Å². The fourth-order valence-electron chi connectivity index (χ4n) is 2.00. The zero-order valence-corrected chi connectivity index (χ0v) is 11.5. The molecule has 1 fully saturated rings. The topological polar surface area (TPSA) is 32.3 Å². The van der Waals surface area contributed by atoms with E-state index in [0.717, 1.165) is 12.1 Å². The van der Waals surface area contributed by atoms with Crippen molar-refractivity contribution in [2.45, 2.75) is 25.8 Å². The van der Waals surface area contributed by atoms with Gasteiger partial charge in [0.2, 0.25) is 5.91 Å². The molecule has 0 aromatic heterocycles. The first-order chi connectivity index (χ1) is 9.06. The molecule has 1 aliphatic carbocycles. The lowest BCUT2D eigenvalue weighted by Gasteiger charge is -2.24. The third-order valence-corrected chi connectivity index (χ3v) is 3.69. The summed E-state index contributed by atoms with van der Waals surface area (Å²) < 4.78 is 12.9. The van der Waals surface area contributed by atoms with Crippen molar-refractivity contribution < 1.29 is 9.18 Å². The number of benzene rings is 1. The minimum Gasteiger partial charge on any atom is -0.355 e. The highest BCUT2D eigenvalue weighted by Crippen LogP contribution is 2.27. The van der Waals surface area contributed by atoms with Crippen molar-refractivity contribution in [2.24, 2.45) is 5.92 Å². The molecule has 0 aliphatic heterocycles. The van der Waals surface area contributed by atoms with Gasteiger partial charge in [0.1, 0.15) is 5.82 Å². The van der Waals surface area contributed by atoms with Crippen LogP contribution in [-0.4, -0.2) is 30.9 Å². The smallest absolute Gasteiger partial charge is 0.234 e. The quantitative estimate of drug-likeness (QED) is 0.855. The highest BCUT2D eigenvalue weighted by molar-refractivity contribution is 5.78. The summed E-state index contributed by atoms with van der Waals surface area (Å²) in [6.07, 6.45) is 2.48. The second-order valence-corrected chi connectivity index (χ2v) is 5.39. The first-order valence-corrected chi connectivity index (χ1v) is 6.78. The van der Waals surface area contributed by atoms with E-state index >= 15 is 0 Å². The number of hydrogen-bond acceptors (Lipinski definition) is 2. The van der Waals surface area contributed by atoms with Crippen molar-refractivity contribution in [1.29, 1.82) is 0 Å². The van der Waals surface area contributed by atoms with E-state index in [1.807, 2.05) is 18.9 Å². The Kier molecular flexibility index (Phi) is 4.53. The Hall–Kier alpha value is -1.42. The monoisotopic (exact) mass is 264 g/mol. The predicted molar refractivity (Wildman–Crippen MR) is 73.2 cm³/mol. The van der Waals surface area contributed by atoms with Gasteiger partial charge in [-0.1, -0.05) is 12.1 Å². The summed E-state index contributed by atoms with van der Waals surface area (Å²) in [4.78, 5) is 13.7. The van der Waals surface area contributed by atoms with Crippen LogP contribution in [0.1, 0.15) is 31.4 Å². The van der Waals surface area contributed by atoms with Gasteiger partial charge in [-0.05, 0) is 50.4 Å². The molecule has 1 amide bonds. The average Bonchev–Trinajstić information content (AvgIpc) is 3.20. The van der Waals surface area contributed by atoms with E-state index in [4.69, 9.17) is 0 Å². The van der Waals surface area contributed by atoms with Gasteiger partial charge in [0.05, 0.1) is 6.54 Å². The van der Waals surface area contributed by atoms with Crippen molar-refractivity contribution in [3.63, 3.8) is 0 Å². The Morgan fingerprint density at radius 1 is 1.42 bits per heavy atom. The molecular weight excluding hydrogens is 243 g/mol. The third kappa shape index (κ3) is 4.31. The minimum atomic E-state index is -0.235. The summed E-state index contributed by atoms with van der Waals surface area (Å²) in [6, 6.07) is 6.52. The van der Waals surface area contributed by atoms with Crippen LogP contribution in [0.3, 0.4) is 0 Å². The molecule has 1 aliphatic rings. The first-order valence-electron chi connectivity index (χ1n) is 6.78. The van der Waals surface area contributed by atoms with Crippen molar-refractivity contribution >= 4 is 5.91 Å². The molecule has 4 heteroatoms. The van der Waals surface area contributed by atoms with Crippen molar-refractivity contribution in [2.75, 3.05) is 20.1 Å². The fraction of sp³-hybridized carbons (Fsp3) is 0.533. The van der Waals surface area contributed by atoms with Gasteiger partial charge in [0.15, 0.2) is 0 Å². The van der Waals surface area contributed by atoms with Crippen LogP contribution < -0.4 is 5.32 Å². The maximum atomic E-state index is 12.9. The number of amides is 1. The standard InChI is InChI=1S/C15H21FN2O/c1-11(13-5-7-14(16)8-6-13)18(2)10-15(19)17-9-12-3-4-12/h5-8,11-12H,3-4,9-10H2,1-2H3,(H,17,19). The SMILES string of the molecule is CC(c1ccc(F)cc1)N(C)CC(=O)NCC1CC1. The van der Waals surface area contributed by atoms with Gasteiger partial charge < -0.3 is 5.32 Å². The summed E-state index contributed by atoms with van der Waals surface area (Å²) in [5, 5.41) is 2.95. The van der Waals surface area contributed by atoms with Crippen LogP contribution in [-0.2, 0) is 4.79 Å². The highest BCUT2D eigenvalue weighted by atomic mass is 19.1. The summed E-state index contributed by atoms with van der Waals surface area (Å²) >= 11 is 0. The van der Waals surface area contributed by atoms with Gasteiger partial charge in [0, 0.05) is 12.6 Å². The number of hydrogen-bond donors (Lipinski definition) is 1. The van der Waals surface area contributed by atoms with E-state index in [0.29, 0.717) is 12.5 Å². The fourth-order valence-corrected chi connectivity index (χ4v) is 2.00. The molecule has 3 nitrogen and oxygen atoms in total. The summed E-state index contributed by atoms with van der Waals surface area (Å²) in [7, 11) is 1.91. The van der Waals surface area contributed by atoms with Crippen LogP contribution in [0.25, 0.3) is 0 Å². The molecule has 104 valence electrons. The van der Waals surface area contributed by atoms with Gasteiger partial charge in [-0.25, -0.2) is 4.39 Å². The summed E-state index contributed by atoms with van der Waals surface area (Å²) in [5.74, 6) is 0.521. The molecule has 2 rings (SSSR count). The number of rotatable bonds is 6. The number of nitrogens with one attached hydrogen (secondary N) is 1. The summed E-state index contributed by atoms with van der Waals surface area (Å²) in [5.41, 5.74) is 1.01. The third-order valence-electron chi connectivity index (χ3n) is 3.69. The van der Waals surface area contributed by atoms with Crippen LogP contribution in [0.2, 0.25) is 0 Å². The van der Waals surface area contributed by atoms with Crippen LogP contribution in [0.15, 0.2) is 24.3 Å². The Morgan fingerprint density at radius 2 is 2.05 bits per heavy atom. The second-order valence-electron chi connectivity index (χ2n) is 5.39. The molecule has 0 bridgehead atoms. The Bertz CT molecular complexity index is 428. The normalized spacial score (nSPS) is 16.4. The average molecular weight is 264 g/mol. The van der Waals surface area contributed by atoms with Gasteiger partial charge >= 0.3 is 0 Å². The molecule has 1 aromatic carbocycles. The van der Waals surface area contributed by atoms with Gasteiger partial charge in [-0.2, -0.15) is 0 Å². The highest BCUT2D eigenvalue weighted by Gasteiger charge is 2.22. The van der Waals surface area contributed by atoms with E-state index < -0.39 is 0 Å². The lowest BCUT2D eigenvalue weighted by Crippen LogP contribution is -2.37. The van der Waals surface area contributed by atoms with Crippen molar-refractivity contribution in [3.05, 3.63) is 35.6 Å². The molecule has 0 spiro atoms. The Balaban J connectivity index is 1.81. The molecular formula is C15H21FN2O. The minimum absolute atomic E-state index is 0.0587. The van der Waals surface area contributed by atoms with Gasteiger partial charge in [-0.3, -0.25) is 9.69 Å². The van der Waals surface area contributed by atoms with Gasteiger partial charge in [0.25, 0.3) is 0 Å². The molecule has 0 saturated heterocycles. The van der Waals surface area contributed by atoms with E-state index in [1.165, 1.54) is 25.0 Å². The Labute approximate surface area is 113 Å². The zero-order chi connectivity index (χ0) is 13.8. The largest absolute Gasteiger partial charge is 0.355 e. The van der Waals surface area contributed by atoms with Crippen molar-refractivity contribution in [1.82, 2.24) is 10.2 Å². The van der Waals surface area contributed by atoms with Crippen LogP contribution in [0.4, 0.5) is 4.39 Å². The number of nitrogens with zero attached hydrogens (tertiary/aromatic N) is 1. The van der Waals surface area contributed by atoms with E-state index in [9.17, 15) is 9.18 Å². The van der Waals surface area contributed by atoms with E-state index in [1.54, 1.807) is 12.1 Å². The van der Waals surface area contributed by atoms with Crippen LogP contribution >= 0.6 is 0 Å². The number of carbonyl (C=O) groups is 1. The molecule has 1 N–H and O–H groups in total. The maximum Gasteiger partial charge on any atom is 0.234 e. The van der Waals surface area contributed by atoms with Gasteiger partial charge in [-0.15, -0.1) is 0 Å². The first kappa shape index (κ1) is 14.0. The zero-order valence-electron chi connectivity index (χ0n) is 11.5. The lowest BCUT2D eigenvalue weighted by molar-refractivity contribution is -0.122. The predicted octanol–water partition coefficient (Wildman–Crippen LogP) is 2.34. The van der Waals surface area contributed by atoms with Crippen LogP contribution in [0, 0.1) is 11.7 Å². The van der Waals surface area contributed by atoms with E-state index in [2.05, 4.69) is 5.32 Å². The molecule has 1 atom stereocenters. The Morgan fingerprint density at radius 3 is 2.63 bits per heavy atom. The lowest BCUT2D eigenvalue weighted by atomic mass is 10.1. The second kappa shape index (κ2) is 6.15. The molecule has 1 aromatic rings. The molecule has 1 unspecified atom stereocenters. The number of halogens is 1. The molecule has 1 saturated carbocycles. The molecule has 19 heavy (non-hydrogen) atoms. The molecule has 0 heterocycles.